The number of aryl methyl sites for hydroxylation is 2. The SMILES string of the molecule is Cc1cc(COc2ccc3c(c2)O/C(=C\c2ccc(C#N)cc2)C3=O)cc(C)c1OC(C)(C)C(=O)O. The monoisotopic (exact) mass is 483 g/mol. The summed E-state index contributed by atoms with van der Waals surface area (Å²) in [6, 6.07) is 17.8. The molecule has 0 spiro atoms. The van der Waals surface area contributed by atoms with Gasteiger partial charge in [-0.3, -0.25) is 4.79 Å². The molecule has 4 rings (SSSR count). The number of nitriles is 1. The molecule has 1 heterocycles. The molecule has 0 saturated heterocycles. The normalized spacial score (nSPS) is 13.6. The summed E-state index contributed by atoms with van der Waals surface area (Å²) in [5.74, 6) is 0.455. The van der Waals surface area contributed by atoms with Crippen LogP contribution in [-0.4, -0.2) is 22.5 Å². The van der Waals surface area contributed by atoms with Gasteiger partial charge in [0.25, 0.3) is 0 Å². The third-order valence-electron chi connectivity index (χ3n) is 5.78. The van der Waals surface area contributed by atoms with E-state index in [2.05, 4.69) is 6.07 Å². The van der Waals surface area contributed by atoms with Gasteiger partial charge in [0.1, 0.15) is 23.9 Å². The number of rotatable bonds is 7. The van der Waals surface area contributed by atoms with E-state index in [0.717, 1.165) is 22.3 Å². The van der Waals surface area contributed by atoms with Gasteiger partial charge in [-0.2, -0.15) is 5.26 Å². The molecule has 1 N–H and O–H groups in total. The summed E-state index contributed by atoms with van der Waals surface area (Å²) in [4.78, 5) is 24.1. The second-order valence-electron chi connectivity index (χ2n) is 9.10. The summed E-state index contributed by atoms with van der Waals surface area (Å²) < 4.78 is 17.5. The number of ketones is 1. The van der Waals surface area contributed by atoms with Crippen LogP contribution in [0.25, 0.3) is 6.08 Å². The van der Waals surface area contributed by atoms with Gasteiger partial charge < -0.3 is 19.3 Å². The van der Waals surface area contributed by atoms with Crippen molar-refractivity contribution >= 4 is 17.8 Å². The van der Waals surface area contributed by atoms with Gasteiger partial charge in [0.2, 0.25) is 5.78 Å². The van der Waals surface area contributed by atoms with Crippen LogP contribution in [0.1, 0.15) is 52.0 Å². The van der Waals surface area contributed by atoms with Crippen molar-refractivity contribution in [3.63, 3.8) is 0 Å². The van der Waals surface area contributed by atoms with Gasteiger partial charge in [-0.1, -0.05) is 12.1 Å². The number of carbonyl (C=O) groups excluding carboxylic acids is 1. The van der Waals surface area contributed by atoms with Gasteiger partial charge in [0, 0.05) is 6.07 Å². The maximum absolute atomic E-state index is 12.7. The number of allylic oxidation sites excluding steroid dienone is 1. The Bertz CT molecular complexity index is 1400. The van der Waals surface area contributed by atoms with E-state index in [0.29, 0.717) is 28.4 Å². The first kappa shape index (κ1) is 24.6. The number of aliphatic carboxylic acids is 1. The van der Waals surface area contributed by atoms with Crippen LogP contribution in [0, 0.1) is 25.2 Å². The largest absolute Gasteiger partial charge is 0.489 e. The first-order valence-corrected chi connectivity index (χ1v) is 11.3. The molecule has 3 aromatic rings. The topological polar surface area (TPSA) is 106 Å². The number of hydrogen-bond acceptors (Lipinski definition) is 6. The van der Waals surface area contributed by atoms with Crippen molar-refractivity contribution < 1.29 is 28.9 Å². The van der Waals surface area contributed by atoms with Crippen LogP contribution in [0.4, 0.5) is 0 Å². The highest BCUT2D eigenvalue weighted by Crippen LogP contribution is 2.35. The Morgan fingerprint density at radius 1 is 1.08 bits per heavy atom. The minimum absolute atomic E-state index is 0.206. The lowest BCUT2D eigenvalue weighted by Crippen LogP contribution is -2.38. The number of carboxylic acids is 1. The van der Waals surface area contributed by atoms with Crippen LogP contribution in [0.5, 0.6) is 17.2 Å². The highest BCUT2D eigenvalue weighted by molar-refractivity contribution is 6.14. The van der Waals surface area contributed by atoms with Gasteiger partial charge in [0.05, 0.1) is 17.2 Å². The molecule has 0 saturated carbocycles. The molecule has 3 aromatic carbocycles. The van der Waals surface area contributed by atoms with Crippen LogP contribution < -0.4 is 14.2 Å². The number of benzene rings is 3. The van der Waals surface area contributed by atoms with Crippen molar-refractivity contribution in [3.8, 4) is 23.3 Å². The highest BCUT2D eigenvalue weighted by Gasteiger charge is 2.31. The zero-order valence-electron chi connectivity index (χ0n) is 20.4. The molecule has 0 unspecified atom stereocenters. The zero-order valence-corrected chi connectivity index (χ0v) is 20.4. The van der Waals surface area contributed by atoms with E-state index in [-0.39, 0.29) is 18.1 Å². The molecule has 0 fully saturated rings. The Kier molecular flexibility index (Phi) is 6.54. The van der Waals surface area contributed by atoms with Crippen molar-refractivity contribution in [2.75, 3.05) is 0 Å². The number of Topliss-reactive ketones (excluding diaryl/α,β-unsaturated/α-hetero) is 1. The molecule has 0 aromatic heterocycles. The number of carbonyl (C=O) groups is 2. The smallest absolute Gasteiger partial charge is 0.347 e. The van der Waals surface area contributed by atoms with Crippen LogP contribution >= 0.6 is 0 Å². The standard InChI is InChI=1S/C29H25NO6/c1-17-11-21(12-18(2)27(17)36-29(3,4)28(32)33)16-34-22-9-10-23-24(14-22)35-25(26(23)31)13-19-5-7-20(15-30)8-6-19/h5-14H,16H2,1-4H3,(H,32,33)/b25-13-. The van der Waals surface area contributed by atoms with Gasteiger partial charge >= 0.3 is 5.97 Å². The van der Waals surface area contributed by atoms with Crippen molar-refractivity contribution in [1.29, 1.82) is 5.26 Å². The van der Waals surface area contributed by atoms with Crippen molar-refractivity contribution in [3.05, 3.63) is 93.7 Å². The lowest BCUT2D eigenvalue weighted by atomic mass is 10.0. The molecule has 182 valence electrons. The molecule has 36 heavy (non-hydrogen) atoms. The zero-order chi connectivity index (χ0) is 26.0. The van der Waals surface area contributed by atoms with E-state index < -0.39 is 11.6 Å². The van der Waals surface area contributed by atoms with E-state index in [4.69, 9.17) is 19.5 Å². The molecule has 0 radical (unpaired) electrons. The number of fused-ring (bicyclic) bond motifs is 1. The lowest BCUT2D eigenvalue weighted by Gasteiger charge is -2.24. The predicted octanol–water partition coefficient (Wildman–Crippen LogP) is 5.61. The first-order chi connectivity index (χ1) is 17.1. The molecule has 1 aliphatic rings. The third-order valence-corrected chi connectivity index (χ3v) is 5.78. The van der Waals surface area contributed by atoms with E-state index in [1.807, 2.05) is 26.0 Å². The average Bonchev–Trinajstić information content (AvgIpc) is 3.14. The first-order valence-electron chi connectivity index (χ1n) is 11.3. The summed E-state index contributed by atoms with van der Waals surface area (Å²) in [6.45, 7) is 7.01. The van der Waals surface area contributed by atoms with Gasteiger partial charge in [-0.05, 0) is 92.4 Å². The van der Waals surface area contributed by atoms with E-state index in [9.17, 15) is 14.7 Å². The fraction of sp³-hybridized carbons (Fsp3) is 0.207. The number of hydrogen-bond donors (Lipinski definition) is 1. The molecule has 0 amide bonds. The van der Waals surface area contributed by atoms with Crippen LogP contribution in [0.15, 0.2) is 60.4 Å². The van der Waals surface area contributed by atoms with Crippen LogP contribution in [0.2, 0.25) is 0 Å². The van der Waals surface area contributed by atoms with Gasteiger partial charge in [0.15, 0.2) is 11.4 Å². The highest BCUT2D eigenvalue weighted by atomic mass is 16.5. The summed E-state index contributed by atoms with van der Waals surface area (Å²) in [5, 5.41) is 18.3. The number of nitrogens with zero attached hydrogens (tertiary/aromatic N) is 1. The molecule has 0 bridgehead atoms. The second kappa shape index (κ2) is 9.59. The fourth-order valence-electron chi connectivity index (χ4n) is 3.81. The molecule has 0 atom stereocenters. The lowest BCUT2D eigenvalue weighted by molar-refractivity contribution is -0.152. The second-order valence-corrected chi connectivity index (χ2v) is 9.10. The Hall–Kier alpha value is -4.57. The Morgan fingerprint density at radius 2 is 1.75 bits per heavy atom. The van der Waals surface area contributed by atoms with Gasteiger partial charge in [-0.25, -0.2) is 4.79 Å². The van der Waals surface area contributed by atoms with Crippen LogP contribution in [0.3, 0.4) is 0 Å². The molecular weight excluding hydrogens is 458 g/mol. The maximum Gasteiger partial charge on any atom is 0.347 e. The molecule has 1 aliphatic heterocycles. The summed E-state index contributed by atoms with van der Waals surface area (Å²) in [6.07, 6.45) is 1.64. The number of ether oxygens (including phenoxy) is 3. The summed E-state index contributed by atoms with van der Waals surface area (Å²) >= 11 is 0. The maximum atomic E-state index is 12.7. The Morgan fingerprint density at radius 3 is 2.36 bits per heavy atom. The van der Waals surface area contributed by atoms with E-state index >= 15 is 0 Å². The summed E-state index contributed by atoms with van der Waals surface area (Å²) in [7, 11) is 0. The third kappa shape index (κ3) is 5.08. The predicted molar refractivity (Wildman–Crippen MR) is 133 cm³/mol. The van der Waals surface area contributed by atoms with Gasteiger partial charge in [-0.15, -0.1) is 0 Å². The molecular formula is C29H25NO6. The molecule has 7 heteroatoms. The Balaban J connectivity index is 1.46. The van der Waals surface area contributed by atoms with Crippen molar-refractivity contribution in [1.82, 2.24) is 0 Å². The Labute approximate surface area is 209 Å². The molecule has 0 aliphatic carbocycles. The summed E-state index contributed by atoms with van der Waals surface area (Å²) in [5.41, 5.74) is 2.92. The quantitative estimate of drug-likeness (QED) is 0.435. The van der Waals surface area contributed by atoms with E-state index in [1.165, 1.54) is 13.8 Å². The average molecular weight is 484 g/mol. The molecule has 7 nitrogen and oxygen atoms in total. The van der Waals surface area contributed by atoms with E-state index in [1.54, 1.807) is 48.5 Å². The van der Waals surface area contributed by atoms with Crippen molar-refractivity contribution in [2.24, 2.45) is 0 Å². The minimum atomic E-state index is -1.34. The fourth-order valence-corrected chi connectivity index (χ4v) is 3.81. The number of carboxylic acid groups (broad SMARTS) is 1. The van der Waals surface area contributed by atoms with Crippen molar-refractivity contribution in [2.45, 2.75) is 39.9 Å². The minimum Gasteiger partial charge on any atom is -0.489 e. The van der Waals surface area contributed by atoms with Crippen LogP contribution in [-0.2, 0) is 11.4 Å².